The van der Waals surface area contributed by atoms with Gasteiger partial charge in [0.1, 0.15) is 6.61 Å². The molecule has 0 saturated carbocycles. The van der Waals surface area contributed by atoms with Crippen LogP contribution in [0.5, 0.6) is 11.5 Å². The molecule has 0 N–H and O–H groups in total. The van der Waals surface area contributed by atoms with Crippen LogP contribution in [0.2, 0.25) is 0 Å². The Morgan fingerprint density at radius 2 is 1.93 bits per heavy atom. The molecule has 3 rings (SSSR count). The van der Waals surface area contributed by atoms with Gasteiger partial charge in [0.2, 0.25) is 5.90 Å². The molecular weight excluding hydrogens is 469 g/mol. The van der Waals surface area contributed by atoms with Crippen LogP contribution in [0.25, 0.3) is 6.08 Å². The largest absolute Gasteiger partial charge is 0.490 e. The van der Waals surface area contributed by atoms with Gasteiger partial charge in [-0.2, -0.15) is 0 Å². The van der Waals surface area contributed by atoms with Crippen molar-refractivity contribution in [2.45, 2.75) is 13.8 Å². The normalized spacial score (nSPS) is 14.6. The van der Waals surface area contributed by atoms with Crippen molar-refractivity contribution in [3.8, 4) is 11.5 Å². The molecule has 0 bridgehead atoms. The van der Waals surface area contributed by atoms with Crippen LogP contribution in [-0.2, 0) is 9.53 Å². The lowest BCUT2D eigenvalue weighted by Crippen LogP contribution is -2.05. The van der Waals surface area contributed by atoms with E-state index < -0.39 is 5.97 Å². The first-order chi connectivity index (χ1) is 13.5. The van der Waals surface area contributed by atoms with E-state index in [0.29, 0.717) is 30.6 Å². The lowest BCUT2D eigenvalue weighted by atomic mass is 10.1. The number of nitrogens with zero attached hydrogens (tertiary/aromatic N) is 1. The van der Waals surface area contributed by atoms with Gasteiger partial charge in [0.15, 0.2) is 17.2 Å². The molecule has 0 aliphatic carbocycles. The van der Waals surface area contributed by atoms with Crippen molar-refractivity contribution in [1.29, 1.82) is 0 Å². The number of benzene rings is 2. The highest BCUT2D eigenvalue weighted by molar-refractivity contribution is 14.1. The highest BCUT2D eigenvalue weighted by atomic mass is 127. The third kappa shape index (κ3) is 5.01. The number of cyclic esters (lactones) is 1. The molecule has 6 heteroatoms. The Kier molecular flexibility index (Phi) is 6.51. The number of halogens is 1. The van der Waals surface area contributed by atoms with E-state index >= 15 is 0 Å². The van der Waals surface area contributed by atoms with Gasteiger partial charge in [-0.05, 0) is 90.0 Å². The Hall–Kier alpha value is -2.61. The van der Waals surface area contributed by atoms with Crippen LogP contribution in [0.3, 0.4) is 0 Å². The topological polar surface area (TPSA) is 57.1 Å². The van der Waals surface area contributed by atoms with E-state index in [2.05, 4.69) is 34.2 Å². The number of hydrogen-bond donors (Lipinski definition) is 0. The Morgan fingerprint density at radius 3 is 2.61 bits per heavy atom. The zero-order chi connectivity index (χ0) is 20.1. The summed E-state index contributed by atoms with van der Waals surface area (Å²) >= 11 is 2.22. The smallest absolute Gasteiger partial charge is 0.363 e. The van der Waals surface area contributed by atoms with Gasteiger partial charge in [-0.25, -0.2) is 9.79 Å². The molecule has 0 radical (unpaired) electrons. The lowest BCUT2D eigenvalue weighted by molar-refractivity contribution is -0.129. The number of rotatable bonds is 7. The van der Waals surface area contributed by atoms with Crippen molar-refractivity contribution in [3.63, 3.8) is 0 Å². The first-order valence-electron chi connectivity index (χ1n) is 8.79. The minimum absolute atomic E-state index is 0.242. The highest BCUT2D eigenvalue weighted by Gasteiger charge is 2.24. The van der Waals surface area contributed by atoms with E-state index in [4.69, 9.17) is 14.2 Å². The van der Waals surface area contributed by atoms with Crippen LogP contribution >= 0.6 is 22.6 Å². The van der Waals surface area contributed by atoms with E-state index in [9.17, 15) is 4.79 Å². The van der Waals surface area contributed by atoms with Gasteiger partial charge in [0.25, 0.3) is 0 Å². The lowest BCUT2D eigenvalue weighted by Gasteiger charge is -2.12. The van der Waals surface area contributed by atoms with Crippen molar-refractivity contribution < 1.29 is 19.0 Å². The maximum absolute atomic E-state index is 12.2. The molecule has 2 aromatic carbocycles. The zero-order valence-corrected chi connectivity index (χ0v) is 17.9. The minimum atomic E-state index is -0.478. The number of hydrogen-bond acceptors (Lipinski definition) is 5. The summed E-state index contributed by atoms with van der Waals surface area (Å²) in [6.45, 7) is 8.55. The molecule has 0 saturated heterocycles. The van der Waals surface area contributed by atoms with Gasteiger partial charge >= 0.3 is 5.97 Å². The predicted octanol–water partition coefficient (Wildman–Crippen LogP) is 4.99. The van der Waals surface area contributed by atoms with Crippen LogP contribution in [0.15, 0.2) is 65.3 Å². The van der Waals surface area contributed by atoms with Gasteiger partial charge in [0.05, 0.1) is 6.61 Å². The molecular formula is C22H20INO4. The molecule has 2 aromatic rings. The SMILES string of the molecule is C=C(C)COc1ccc(C=C2N=C(c3ccc(I)cc3)OC2=O)cc1OCC. The molecule has 0 amide bonds. The Labute approximate surface area is 177 Å². The molecule has 1 aliphatic heterocycles. The van der Waals surface area contributed by atoms with E-state index in [0.717, 1.165) is 20.3 Å². The van der Waals surface area contributed by atoms with Gasteiger partial charge in [-0.1, -0.05) is 12.6 Å². The van der Waals surface area contributed by atoms with Crippen molar-refractivity contribution >= 4 is 40.5 Å². The molecule has 0 spiro atoms. The second kappa shape index (κ2) is 9.05. The summed E-state index contributed by atoms with van der Waals surface area (Å²) in [4.78, 5) is 16.6. The molecule has 5 nitrogen and oxygen atoms in total. The number of carbonyl (C=O) groups is 1. The first-order valence-corrected chi connectivity index (χ1v) is 9.86. The first kappa shape index (κ1) is 20.1. The molecule has 1 aliphatic rings. The summed E-state index contributed by atoms with van der Waals surface area (Å²) in [5.74, 6) is 1.06. The number of ether oxygens (including phenoxy) is 3. The van der Waals surface area contributed by atoms with Gasteiger partial charge in [-0.3, -0.25) is 0 Å². The molecule has 144 valence electrons. The summed E-state index contributed by atoms with van der Waals surface area (Å²) in [7, 11) is 0. The average Bonchev–Trinajstić information content (AvgIpc) is 3.02. The van der Waals surface area contributed by atoms with Crippen molar-refractivity contribution in [1.82, 2.24) is 0 Å². The van der Waals surface area contributed by atoms with Crippen LogP contribution in [0.1, 0.15) is 25.0 Å². The number of esters is 1. The Balaban J connectivity index is 1.87. The third-order valence-corrected chi connectivity index (χ3v) is 4.48. The summed E-state index contributed by atoms with van der Waals surface area (Å²) in [5.41, 5.74) is 2.69. The standard InChI is InChI=1S/C22H20INO4/c1-4-26-20-12-15(5-10-19(20)27-13-14(2)3)11-18-22(25)28-21(24-18)16-6-8-17(23)9-7-16/h5-12H,2,4,13H2,1,3H3. The molecule has 0 atom stereocenters. The summed E-state index contributed by atoms with van der Waals surface area (Å²) in [5, 5.41) is 0. The van der Waals surface area contributed by atoms with Gasteiger partial charge < -0.3 is 14.2 Å². The van der Waals surface area contributed by atoms with E-state index in [-0.39, 0.29) is 5.70 Å². The second-order valence-corrected chi connectivity index (χ2v) is 7.47. The highest BCUT2D eigenvalue weighted by Crippen LogP contribution is 2.30. The maximum atomic E-state index is 12.2. The van der Waals surface area contributed by atoms with Crippen LogP contribution in [-0.4, -0.2) is 25.1 Å². The van der Waals surface area contributed by atoms with E-state index in [1.54, 1.807) is 6.08 Å². The van der Waals surface area contributed by atoms with Crippen molar-refractivity contribution in [2.24, 2.45) is 4.99 Å². The monoisotopic (exact) mass is 489 g/mol. The predicted molar refractivity (Wildman–Crippen MR) is 118 cm³/mol. The van der Waals surface area contributed by atoms with Crippen molar-refractivity contribution in [3.05, 3.63) is 75.0 Å². The van der Waals surface area contributed by atoms with Crippen LogP contribution in [0.4, 0.5) is 0 Å². The molecule has 0 unspecified atom stereocenters. The Morgan fingerprint density at radius 1 is 1.18 bits per heavy atom. The summed E-state index contributed by atoms with van der Waals surface area (Å²) in [6.07, 6.45) is 1.67. The average molecular weight is 489 g/mol. The maximum Gasteiger partial charge on any atom is 0.363 e. The molecule has 0 aromatic heterocycles. The summed E-state index contributed by atoms with van der Waals surface area (Å²) < 4.78 is 17.8. The van der Waals surface area contributed by atoms with Gasteiger partial charge in [-0.15, -0.1) is 0 Å². The van der Waals surface area contributed by atoms with E-state index in [1.807, 2.05) is 56.3 Å². The van der Waals surface area contributed by atoms with Crippen LogP contribution < -0.4 is 9.47 Å². The van der Waals surface area contributed by atoms with Crippen molar-refractivity contribution in [2.75, 3.05) is 13.2 Å². The fourth-order valence-corrected chi connectivity index (χ4v) is 2.85. The number of aliphatic imine (C=N–C) groups is 1. The fraction of sp³-hybridized carbons (Fsp3) is 0.182. The Bertz CT molecular complexity index is 961. The molecule has 1 heterocycles. The summed E-state index contributed by atoms with van der Waals surface area (Å²) in [6, 6.07) is 13.1. The third-order valence-electron chi connectivity index (χ3n) is 3.76. The molecule has 0 fully saturated rings. The fourth-order valence-electron chi connectivity index (χ4n) is 2.49. The minimum Gasteiger partial charge on any atom is -0.490 e. The van der Waals surface area contributed by atoms with Crippen LogP contribution in [0, 0.1) is 3.57 Å². The molecule has 28 heavy (non-hydrogen) atoms. The second-order valence-electron chi connectivity index (χ2n) is 6.23. The number of carbonyl (C=O) groups excluding carboxylic acids is 1. The zero-order valence-electron chi connectivity index (χ0n) is 15.7. The van der Waals surface area contributed by atoms with Gasteiger partial charge in [0, 0.05) is 9.13 Å². The quantitative estimate of drug-likeness (QED) is 0.238. The van der Waals surface area contributed by atoms with E-state index in [1.165, 1.54) is 0 Å².